The Labute approximate surface area is 81.7 Å². The summed E-state index contributed by atoms with van der Waals surface area (Å²) >= 11 is 0. The second kappa shape index (κ2) is 5.05. The fraction of sp³-hybridized carbons (Fsp3) is 0.667. The van der Waals surface area contributed by atoms with E-state index in [1.807, 2.05) is 13.8 Å². The lowest BCUT2D eigenvalue weighted by Crippen LogP contribution is -2.13. The molecule has 0 amide bonds. The highest BCUT2D eigenvalue weighted by Gasteiger charge is 2.09. The zero-order chi connectivity index (χ0) is 10.6. The van der Waals surface area contributed by atoms with Gasteiger partial charge in [0.05, 0.1) is 18.4 Å². The molecule has 0 aromatic carbocycles. The molecule has 14 heavy (non-hydrogen) atoms. The highest BCUT2D eigenvalue weighted by atomic mass is 19.3. The number of hydrogen-bond donors (Lipinski definition) is 0. The number of alkyl halides is 2. The molecule has 0 unspecified atom stereocenters. The van der Waals surface area contributed by atoms with E-state index in [1.165, 1.54) is 10.9 Å². The number of aromatic nitrogens is 2. The Morgan fingerprint density at radius 3 is 2.79 bits per heavy atom. The molecule has 0 aliphatic carbocycles. The second-order valence-corrected chi connectivity index (χ2v) is 3.26. The van der Waals surface area contributed by atoms with Crippen LogP contribution in [-0.4, -0.2) is 22.3 Å². The van der Waals surface area contributed by atoms with Gasteiger partial charge in [0.2, 0.25) is 0 Å². The molecular weight excluding hydrogens is 190 g/mol. The van der Waals surface area contributed by atoms with Crippen molar-refractivity contribution in [2.75, 3.05) is 0 Å². The van der Waals surface area contributed by atoms with Gasteiger partial charge in [-0.05, 0) is 19.9 Å². The van der Waals surface area contributed by atoms with E-state index in [9.17, 15) is 8.78 Å². The number of nitrogens with zero attached hydrogens (tertiary/aromatic N) is 2. The fourth-order valence-corrected chi connectivity index (χ4v) is 1.03. The van der Waals surface area contributed by atoms with E-state index >= 15 is 0 Å². The zero-order valence-corrected chi connectivity index (χ0v) is 8.28. The van der Waals surface area contributed by atoms with Crippen LogP contribution in [-0.2, 0) is 17.9 Å². The van der Waals surface area contributed by atoms with Crippen molar-refractivity contribution >= 4 is 0 Å². The molecule has 0 spiro atoms. The maximum absolute atomic E-state index is 12.1. The molecule has 1 aromatic heterocycles. The minimum absolute atomic E-state index is 0.0879. The maximum Gasteiger partial charge on any atom is 0.257 e. The molecule has 5 heteroatoms. The summed E-state index contributed by atoms with van der Waals surface area (Å²) in [6.07, 6.45) is -0.793. The number of ether oxygens (including phenoxy) is 1. The first-order valence-electron chi connectivity index (χ1n) is 4.50. The van der Waals surface area contributed by atoms with Gasteiger partial charge < -0.3 is 4.74 Å². The van der Waals surface area contributed by atoms with E-state index in [0.717, 1.165) is 0 Å². The van der Waals surface area contributed by atoms with Crippen molar-refractivity contribution in [2.24, 2.45) is 0 Å². The zero-order valence-electron chi connectivity index (χ0n) is 8.28. The Morgan fingerprint density at radius 1 is 1.50 bits per heavy atom. The summed E-state index contributed by atoms with van der Waals surface area (Å²) in [5.74, 6) is 0. The van der Waals surface area contributed by atoms with Crippen LogP contribution in [0.2, 0.25) is 0 Å². The van der Waals surface area contributed by atoms with Gasteiger partial charge in [0.25, 0.3) is 6.43 Å². The molecule has 0 aliphatic heterocycles. The molecule has 0 saturated carbocycles. The Morgan fingerprint density at radius 2 is 2.21 bits per heavy atom. The summed E-state index contributed by atoms with van der Waals surface area (Å²) in [5.41, 5.74) is 0.680. The minimum Gasteiger partial charge on any atom is -0.373 e. The van der Waals surface area contributed by atoms with Crippen LogP contribution < -0.4 is 0 Å². The van der Waals surface area contributed by atoms with E-state index in [1.54, 1.807) is 6.07 Å². The first kappa shape index (κ1) is 11.1. The molecule has 0 fully saturated rings. The average molecular weight is 204 g/mol. The maximum atomic E-state index is 12.1. The van der Waals surface area contributed by atoms with Gasteiger partial charge in [-0.3, -0.25) is 4.68 Å². The van der Waals surface area contributed by atoms with Crippen molar-refractivity contribution in [1.29, 1.82) is 0 Å². The van der Waals surface area contributed by atoms with Crippen LogP contribution in [0.5, 0.6) is 0 Å². The SMILES string of the molecule is CC(C)OCc1ccnn1CC(F)F. The van der Waals surface area contributed by atoms with Crippen LogP contribution in [0.15, 0.2) is 12.3 Å². The lowest BCUT2D eigenvalue weighted by atomic mass is 10.4. The second-order valence-electron chi connectivity index (χ2n) is 3.26. The third-order valence-corrected chi connectivity index (χ3v) is 1.68. The number of halogens is 2. The molecule has 0 atom stereocenters. The van der Waals surface area contributed by atoms with Crippen molar-refractivity contribution in [1.82, 2.24) is 9.78 Å². The third kappa shape index (κ3) is 3.41. The summed E-state index contributed by atoms with van der Waals surface area (Å²) in [6, 6.07) is 1.69. The van der Waals surface area contributed by atoms with Gasteiger partial charge in [-0.2, -0.15) is 5.10 Å². The highest BCUT2D eigenvalue weighted by molar-refractivity contribution is 4.98. The quantitative estimate of drug-likeness (QED) is 0.734. The van der Waals surface area contributed by atoms with Crippen molar-refractivity contribution in [3.63, 3.8) is 0 Å². The average Bonchev–Trinajstić information content (AvgIpc) is 2.47. The van der Waals surface area contributed by atoms with Crippen LogP contribution in [0.25, 0.3) is 0 Å². The van der Waals surface area contributed by atoms with Crippen molar-refractivity contribution in [3.05, 3.63) is 18.0 Å². The Bertz CT molecular complexity index is 274. The van der Waals surface area contributed by atoms with Crippen LogP contribution in [0, 0.1) is 0 Å². The molecule has 1 heterocycles. The molecule has 0 N–H and O–H groups in total. The molecule has 80 valence electrons. The summed E-state index contributed by atoms with van der Waals surface area (Å²) in [7, 11) is 0. The first-order chi connectivity index (χ1) is 6.59. The first-order valence-corrected chi connectivity index (χ1v) is 4.50. The van der Waals surface area contributed by atoms with Crippen LogP contribution in [0.4, 0.5) is 8.78 Å². The molecular formula is C9H14F2N2O. The van der Waals surface area contributed by atoms with Gasteiger partial charge in [0.15, 0.2) is 0 Å². The number of rotatable bonds is 5. The smallest absolute Gasteiger partial charge is 0.257 e. The van der Waals surface area contributed by atoms with Crippen molar-refractivity contribution in [3.8, 4) is 0 Å². The standard InChI is InChI=1S/C9H14F2N2O/c1-7(2)14-6-8-3-4-12-13(8)5-9(10)11/h3-4,7,9H,5-6H2,1-2H3. The molecule has 0 saturated heterocycles. The van der Waals surface area contributed by atoms with Gasteiger partial charge in [-0.1, -0.05) is 0 Å². The minimum atomic E-state index is -2.38. The summed E-state index contributed by atoms with van der Waals surface area (Å²) in [6.45, 7) is 3.75. The third-order valence-electron chi connectivity index (χ3n) is 1.68. The summed E-state index contributed by atoms with van der Waals surface area (Å²) in [5, 5.41) is 3.79. The lowest BCUT2D eigenvalue weighted by molar-refractivity contribution is 0.0573. The van der Waals surface area contributed by atoms with E-state index in [4.69, 9.17) is 4.74 Å². The predicted molar refractivity (Wildman–Crippen MR) is 48.2 cm³/mol. The van der Waals surface area contributed by atoms with Gasteiger partial charge in [-0.15, -0.1) is 0 Å². The van der Waals surface area contributed by atoms with Crippen molar-refractivity contribution in [2.45, 2.75) is 39.5 Å². The van der Waals surface area contributed by atoms with E-state index < -0.39 is 6.43 Å². The molecule has 1 aromatic rings. The molecule has 0 radical (unpaired) electrons. The topological polar surface area (TPSA) is 27.1 Å². The van der Waals surface area contributed by atoms with Gasteiger partial charge in [-0.25, -0.2) is 8.78 Å². The van der Waals surface area contributed by atoms with Crippen LogP contribution in [0.3, 0.4) is 0 Å². The largest absolute Gasteiger partial charge is 0.373 e. The Balaban J connectivity index is 2.53. The monoisotopic (exact) mass is 204 g/mol. The Hall–Kier alpha value is -0.970. The van der Waals surface area contributed by atoms with Gasteiger partial charge in [0, 0.05) is 6.20 Å². The Kier molecular flexibility index (Phi) is 4.00. The molecule has 0 bridgehead atoms. The summed E-state index contributed by atoms with van der Waals surface area (Å²) < 4.78 is 30.7. The molecule has 0 aliphatic rings. The van der Waals surface area contributed by atoms with Crippen molar-refractivity contribution < 1.29 is 13.5 Å². The molecule has 1 rings (SSSR count). The number of hydrogen-bond acceptors (Lipinski definition) is 2. The van der Waals surface area contributed by atoms with Gasteiger partial charge in [0.1, 0.15) is 6.54 Å². The van der Waals surface area contributed by atoms with E-state index in [0.29, 0.717) is 12.3 Å². The predicted octanol–water partition coefficient (Wildman–Crippen LogP) is 2.07. The van der Waals surface area contributed by atoms with Gasteiger partial charge >= 0.3 is 0 Å². The lowest BCUT2D eigenvalue weighted by Gasteiger charge is -2.09. The molecule has 3 nitrogen and oxygen atoms in total. The van der Waals surface area contributed by atoms with E-state index in [2.05, 4.69) is 5.10 Å². The normalized spacial score (nSPS) is 11.6. The van der Waals surface area contributed by atoms with Crippen LogP contribution in [0.1, 0.15) is 19.5 Å². The van der Waals surface area contributed by atoms with Crippen LogP contribution >= 0.6 is 0 Å². The highest BCUT2D eigenvalue weighted by Crippen LogP contribution is 2.06. The summed E-state index contributed by atoms with van der Waals surface area (Å²) in [4.78, 5) is 0. The van der Waals surface area contributed by atoms with E-state index in [-0.39, 0.29) is 12.6 Å². The fourth-order valence-electron chi connectivity index (χ4n) is 1.03.